The standard InChI is InChI=1S/C37H59NO32/c1-6(42)38-11-15(46)24(65-34-20(51)16(47)17(48)28(69-34)30(55)56)9(4-41)63-33(11)68-27-18(49)21(52)35(70-29(27)31(57)58)66-26-14(45)8(3-40)62-37(23(26)54)67-25-13(44)7(2-39)61-36(22(25)53)64-10-5-60-32(59)19(50)12(10)43/h7-29,32-37,39-41,43-54,59H,2-5H2,1H3,(H,38,42)(H,55,56)(H,57,58)/t7-,8-,9-,10-,11-,12+,13+,14+,15-,16+,17+,18-,19-,20-,21-,22-,23-,24-,25+,26+,27+,28+,29+,32-,33-,34-,35-,36+,37+/m1/s1. The van der Waals surface area contributed by atoms with Crippen LogP contribution < -0.4 is 5.32 Å². The zero-order valence-electron chi connectivity index (χ0n) is 36.3. The van der Waals surface area contributed by atoms with Gasteiger partial charge in [0, 0.05) is 6.92 Å². The zero-order valence-corrected chi connectivity index (χ0v) is 36.3. The largest absolute Gasteiger partial charge is 0.479 e. The summed E-state index contributed by atoms with van der Waals surface area (Å²) >= 11 is 0. The van der Waals surface area contributed by atoms with Gasteiger partial charge in [0.25, 0.3) is 0 Å². The number of hydrogen-bond acceptors (Lipinski definition) is 30. The van der Waals surface area contributed by atoms with Gasteiger partial charge in [0.05, 0.1) is 26.4 Å². The van der Waals surface area contributed by atoms with Crippen molar-refractivity contribution in [2.45, 2.75) is 185 Å². The van der Waals surface area contributed by atoms with E-state index in [4.69, 9.17) is 52.1 Å². The smallest absolute Gasteiger partial charge is 0.335 e. The van der Waals surface area contributed by atoms with Crippen LogP contribution in [0.15, 0.2) is 0 Å². The van der Waals surface area contributed by atoms with Gasteiger partial charge >= 0.3 is 11.9 Å². The molecule has 6 aliphatic rings. The van der Waals surface area contributed by atoms with Crippen molar-refractivity contribution in [2.75, 3.05) is 26.4 Å². The van der Waals surface area contributed by atoms with Gasteiger partial charge in [0.2, 0.25) is 5.91 Å². The zero-order chi connectivity index (χ0) is 51.8. The molecule has 0 spiro atoms. The van der Waals surface area contributed by atoms with E-state index < -0.39 is 222 Å². The topological polar surface area (TPSA) is 529 Å². The van der Waals surface area contributed by atoms with E-state index in [9.17, 15) is 106 Å². The Hall–Kier alpha value is -2.67. The minimum atomic E-state index is -2.43. The maximum Gasteiger partial charge on any atom is 0.335 e. The minimum absolute atomic E-state index is 0.555. The van der Waals surface area contributed by atoms with Gasteiger partial charge in [-0.1, -0.05) is 0 Å². The Balaban J connectivity index is 1.17. The predicted molar refractivity (Wildman–Crippen MR) is 206 cm³/mol. The normalized spacial score (nSPS) is 50.3. The van der Waals surface area contributed by atoms with Crippen molar-refractivity contribution in [1.29, 1.82) is 0 Å². The van der Waals surface area contributed by atoms with Crippen molar-refractivity contribution < 1.29 is 158 Å². The fourth-order valence-corrected chi connectivity index (χ4v) is 8.55. The van der Waals surface area contributed by atoms with Crippen molar-refractivity contribution in [3.8, 4) is 0 Å². The molecule has 6 aliphatic heterocycles. The fraction of sp³-hybridized carbons (Fsp3) is 0.919. The first-order valence-electron chi connectivity index (χ1n) is 21.5. The summed E-state index contributed by atoms with van der Waals surface area (Å²) in [7, 11) is 0. The van der Waals surface area contributed by atoms with E-state index in [-0.39, 0.29) is 0 Å². The number of rotatable bonds is 16. The van der Waals surface area contributed by atoms with E-state index in [0.717, 1.165) is 6.92 Å². The predicted octanol–water partition coefficient (Wildman–Crippen LogP) is -13.1. The van der Waals surface area contributed by atoms with Crippen LogP contribution in [0, 0.1) is 0 Å². The van der Waals surface area contributed by atoms with E-state index in [1.54, 1.807) is 0 Å². The van der Waals surface area contributed by atoms with Crippen LogP contribution in [0.2, 0.25) is 0 Å². The summed E-state index contributed by atoms with van der Waals surface area (Å²) in [6.45, 7) is -2.75. The molecule has 70 heavy (non-hydrogen) atoms. The van der Waals surface area contributed by atoms with Crippen LogP contribution in [-0.2, 0) is 66.5 Å². The highest BCUT2D eigenvalue weighted by Gasteiger charge is 2.58. The lowest BCUT2D eigenvalue weighted by Crippen LogP contribution is -2.70. The number of carboxylic acids is 2. The molecule has 0 bridgehead atoms. The average molecular weight is 1030 g/mol. The molecule has 33 nitrogen and oxygen atoms in total. The summed E-state index contributed by atoms with van der Waals surface area (Å²) in [5, 5.41) is 192. The molecule has 6 rings (SSSR count). The third-order valence-corrected chi connectivity index (χ3v) is 12.4. The Morgan fingerprint density at radius 1 is 0.443 bits per heavy atom. The molecular formula is C37H59NO32. The second kappa shape index (κ2) is 23.7. The average Bonchev–Trinajstić information content (AvgIpc) is 3.31. The molecule has 0 unspecified atom stereocenters. The quantitative estimate of drug-likeness (QED) is 0.0682. The summed E-state index contributed by atoms with van der Waals surface area (Å²) in [4.78, 5) is 36.7. The van der Waals surface area contributed by atoms with Crippen molar-refractivity contribution in [1.82, 2.24) is 5.32 Å². The van der Waals surface area contributed by atoms with Crippen LogP contribution in [0.3, 0.4) is 0 Å². The monoisotopic (exact) mass is 1030 g/mol. The van der Waals surface area contributed by atoms with Crippen molar-refractivity contribution in [3.63, 3.8) is 0 Å². The number of aliphatic hydroxyl groups excluding tert-OH is 16. The van der Waals surface area contributed by atoms with Gasteiger partial charge in [-0.25, -0.2) is 9.59 Å². The maximum atomic E-state index is 12.7. The molecule has 19 N–H and O–H groups in total. The second-order valence-electron chi connectivity index (χ2n) is 17.1. The minimum Gasteiger partial charge on any atom is -0.479 e. The van der Waals surface area contributed by atoms with Gasteiger partial charge in [-0.2, -0.15) is 0 Å². The third kappa shape index (κ3) is 11.7. The maximum absolute atomic E-state index is 12.7. The molecule has 0 aliphatic carbocycles. The number of ether oxygens (including phenoxy) is 11. The third-order valence-electron chi connectivity index (χ3n) is 12.4. The number of hydrogen-bond donors (Lipinski definition) is 19. The van der Waals surface area contributed by atoms with E-state index in [1.807, 2.05) is 0 Å². The fourth-order valence-electron chi connectivity index (χ4n) is 8.55. The van der Waals surface area contributed by atoms with Crippen LogP contribution in [-0.4, -0.2) is 314 Å². The summed E-state index contributed by atoms with van der Waals surface area (Å²) in [6, 6.07) is -1.87. The van der Waals surface area contributed by atoms with Crippen molar-refractivity contribution in [2.24, 2.45) is 0 Å². The van der Waals surface area contributed by atoms with Crippen molar-refractivity contribution >= 4 is 17.8 Å². The molecule has 0 aromatic carbocycles. The van der Waals surface area contributed by atoms with Gasteiger partial charge in [-0.15, -0.1) is 0 Å². The molecule has 33 heteroatoms. The molecule has 1 amide bonds. The molecule has 29 atom stereocenters. The van der Waals surface area contributed by atoms with Crippen LogP contribution in [0.5, 0.6) is 0 Å². The summed E-state index contributed by atoms with van der Waals surface area (Å²) in [6.07, 6.45) is -57.6. The summed E-state index contributed by atoms with van der Waals surface area (Å²) in [5.74, 6) is -4.67. The van der Waals surface area contributed by atoms with Gasteiger partial charge < -0.3 is 149 Å². The van der Waals surface area contributed by atoms with Gasteiger partial charge in [-0.3, -0.25) is 4.79 Å². The van der Waals surface area contributed by atoms with Gasteiger partial charge in [0.15, 0.2) is 49.9 Å². The number of aliphatic carboxylic acids is 2. The Labute approximate surface area is 392 Å². The lowest BCUT2D eigenvalue weighted by Gasteiger charge is -2.50. The van der Waals surface area contributed by atoms with Crippen molar-refractivity contribution in [3.05, 3.63) is 0 Å². The number of carboxylic acid groups (broad SMARTS) is 2. The van der Waals surface area contributed by atoms with E-state index in [0.29, 0.717) is 0 Å². The lowest BCUT2D eigenvalue weighted by molar-refractivity contribution is -0.390. The first kappa shape index (κ1) is 56.6. The van der Waals surface area contributed by atoms with Gasteiger partial charge in [-0.05, 0) is 0 Å². The molecular weight excluding hydrogens is 970 g/mol. The highest BCUT2D eigenvalue weighted by atomic mass is 16.8. The van der Waals surface area contributed by atoms with Crippen LogP contribution in [0.4, 0.5) is 0 Å². The molecule has 6 fully saturated rings. The number of carbonyl (C=O) groups is 3. The molecule has 6 heterocycles. The first-order chi connectivity index (χ1) is 32.9. The molecule has 6 saturated heterocycles. The number of amides is 1. The summed E-state index contributed by atoms with van der Waals surface area (Å²) < 4.78 is 60.0. The molecule has 0 aromatic heterocycles. The second-order valence-corrected chi connectivity index (χ2v) is 17.1. The van der Waals surface area contributed by atoms with E-state index in [1.165, 1.54) is 0 Å². The van der Waals surface area contributed by atoms with Crippen LogP contribution in [0.1, 0.15) is 6.92 Å². The highest BCUT2D eigenvalue weighted by molar-refractivity contribution is 5.74. The van der Waals surface area contributed by atoms with Crippen LogP contribution in [0.25, 0.3) is 0 Å². The molecule has 0 aromatic rings. The lowest BCUT2D eigenvalue weighted by atomic mass is 9.94. The van der Waals surface area contributed by atoms with Crippen LogP contribution >= 0.6 is 0 Å². The van der Waals surface area contributed by atoms with E-state index >= 15 is 0 Å². The Morgan fingerprint density at radius 3 is 1.39 bits per heavy atom. The molecule has 404 valence electrons. The molecule has 0 saturated carbocycles. The van der Waals surface area contributed by atoms with Gasteiger partial charge in [0.1, 0.15) is 128 Å². The van der Waals surface area contributed by atoms with E-state index in [2.05, 4.69) is 5.32 Å². The highest BCUT2D eigenvalue weighted by Crippen LogP contribution is 2.36. The summed E-state index contributed by atoms with van der Waals surface area (Å²) in [5.41, 5.74) is 0. The number of nitrogens with one attached hydrogen (secondary N) is 1. The molecule has 0 radical (unpaired) electrons. The number of aliphatic hydroxyl groups is 16. The Kier molecular flexibility index (Phi) is 19.2. The number of carbonyl (C=O) groups excluding carboxylic acids is 1. The first-order valence-corrected chi connectivity index (χ1v) is 21.5. The SMILES string of the molecule is CC(=O)N[C@H]1[C@@H](O[C@H]2[C@H](O)[C@@H](O)[C@H](O[C@H]3[C@@H](O)[C@@H](CO)O[C@@H](O[C@H]4[C@@H](O)[C@@H](CO)O[C@@H](O[C@@H]5CO[C@@H](O)[C@H](O)[C@H]5O)[C@@H]4O)[C@@H]3O)O[C@@H]2C(=O)O)O[C@H](CO)[C@@H](O[C@@H]2O[C@H](C(=O)O)[C@@H](O)[C@H](O)[C@H]2O)[C@@H]1O. The Bertz CT molecular complexity index is 1740. The Morgan fingerprint density at radius 2 is 0.886 bits per heavy atom.